The smallest absolute Gasteiger partial charge is 0.272 e. The Hall–Kier alpha value is -1.08. The van der Waals surface area contributed by atoms with Crippen LogP contribution >= 0.6 is 34.2 Å². The van der Waals surface area contributed by atoms with Gasteiger partial charge in [-0.25, -0.2) is 4.39 Å². The van der Waals surface area contributed by atoms with Crippen molar-refractivity contribution < 1.29 is 9.18 Å². The zero-order chi connectivity index (χ0) is 14.9. The first-order chi connectivity index (χ1) is 9.38. The Balaban J connectivity index is 2.28. The summed E-state index contributed by atoms with van der Waals surface area (Å²) < 4.78 is 15.5. The molecule has 1 aromatic carbocycles. The molecule has 0 aliphatic heterocycles. The molecule has 0 atom stereocenters. The van der Waals surface area contributed by atoms with Gasteiger partial charge in [0.2, 0.25) is 0 Å². The number of rotatable bonds is 3. The van der Waals surface area contributed by atoms with E-state index in [1.165, 1.54) is 12.1 Å². The third-order valence-electron chi connectivity index (χ3n) is 2.78. The third-order valence-corrected chi connectivity index (χ3v) is 3.88. The van der Waals surface area contributed by atoms with Crippen LogP contribution < -0.4 is 5.32 Å². The van der Waals surface area contributed by atoms with Gasteiger partial charge in [-0.05, 0) is 60.7 Å². The van der Waals surface area contributed by atoms with Gasteiger partial charge >= 0.3 is 0 Å². The van der Waals surface area contributed by atoms with E-state index in [0.29, 0.717) is 20.0 Å². The fraction of sp³-hybridized carbons (Fsp3) is 0.214. The molecule has 0 aliphatic rings. The third kappa shape index (κ3) is 3.32. The number of hydrogen-bond acceptors (Lipinski definition) is 1. The Bertz CT molecular complexity index is 655. The molecule has 0 radical (unpaired) electrons. The first-order valence-electron chi connectivity index (χ1n) is 6.02. The molecule has 0 aliphatic carbocycles. The highest BCUT2D eigenvalue weighted by Gasteiger charge is 2.16. The van der Waals surface area contributed by atoms with Crippen molar-refractivity contribution in [2.45, 2.75) is 19.9 Å². The van der Waals surface area contributed by atoms with E-state index in [-0.39, 0.29) is 17.8 Å². The fourth-order valence-corrected chi connectivity index (χ4v) is 2.65. The minimum absolute atomic E-state index is 0.121. The van der Waals surface area contributed by atoms with Crippen LogP contribution in [0.2, 0.25) is 5.02 Å². The summed E-state index contributed by atoms with van der Waals surface area (Å²) in [6.07, 6.45) is 1.72. The number of aromatic nitrogens is 1. The van der Waals surface area contributed by atoms with Gasteiger partial charge in [0.05, 0.1) is 10.7 Å². The highest BCUT2D eigenvalue weighted by molar-refractivity contribution is 14.1. The molecule has 0 unspecified atom stereocenters. The largest absolute Gasteiger partial charge is 0.339 e. The normalized spacial score (nSPS) is 10.9. The molecule has 0 saturated heterocycles. The lowest BCUT2D eigenvalue weighted by Gasteiger charge is -2.13. The molecule has 1 heterocycles. The second kappa shape index (κ2) is 6.13. The number of nitrogens with one attached hydrogen (secondary N) is 1. The summed E-state index contributed by atoms with van der Waals surface area (Å²) in [6.45, 7) is 3.93. The summed E-state index contributed by atoms with van der Waals surface area (Å²) in [6, 6.07) is 5.96. The Morgan fingerprint density at radius 2 is 2.10 bits per heavy atom. The van der Waals surface area contributed by atoms with Gasteiger partial charge in [-0.2, -0.15) is 0 Å². The Kier molecular flexibility index (Phi) is 4.70. The van der Waals surface area contributed by atoms with Gasteiger partial charge in [-0.1, -0.05) is 11.6 Å². The summed E-state index contributed by atoms with van der Waals surface area (Å²) in [5, 5.41) is 3.28. The van der Waals surface area contributed by atoms with Crippen LogP contribution in [0.5, 0.6) is 0 Å². The number of anilines is 1. The van der Waals surface area contributed by atoms with Gasteiger partial charge in [0, 0.05) is 15.8 Å². The molecule has 106 valence electrons. The summed E-state index contributed by atoms with van der Waals surface area (Å²) in [4.78, 5) is 12.3. The number of benzene rings is 1. The summed E-state index contributed by atoms with van der Waals surface area (Å²) in [5.74, 6) is -0.601. The van der Waals surface area contributed by atoms with E-state index in [0.717, 1.165) is 0 Å². The molecular weight excluding hydrogens is 394 g/mol. The molecule has 0 spiro atoms. The molecule has 2 aromatic rings. The van der Waals surface area contributed by atoms with E-state index in [4.69, 9.17) is 11.6 Å². The summed E-state index contributed by atoms with van der Waals surface area (Å²) in [5.41, 5.74) is 1.05. The monoisotopic (exact) mass is 406 g/mol. The lowest BCUT2D eigenvalue weighted by atomic mass is 10.3. The van der Waals surface area contributed by atoms with Gasteiger partial charge in [-0.15, -0.1) is 0 Å². The van der Waals surface area contributed by atoms with Crippen molar-refractivity contribution in [1.29, 1.82) is 0 Å². The van der Waals surface area contributed by atoms with Crippen LogP contribution in [0.3, 0.4) is 0 Å². The van der Waals surface area contributed by atoms with Crippen LogP contribution in [0.1, 0.15) is 30.4 Å². The average Bonchev–Trinajstić information content (AvgIpc) is 2.75. The molecule has 0 fully saturated rings. The predicted molar refractivity (Wildman–Crippen MR) is 86.9 cm³/mol. The lowest BCUT2D eigenvalue weighted by Crippen LogP contribution is -2.18. The van der Waals surface area contributed by atoms with Gasteiger partial charge in [0.1, 0.15) is 11.5 Å². The highest BCUT2D eigenvalue weighted by Crippen LogP contribution is 2.23. The van der Waals surface area contributed by atoms with Crippen molar-refractivity contribution in [3.05, 3.63) is 50.6 Å². The predicted octanol–water partition coefficient (Wildman–Crippen LogP) is 4.72. The first-order valence-corrected chi connectivity index (χ1v) is 7.48. The van der Waals surface area contributed by atoms with Crippen LogP contribution in [0, 0.1) is 9.39 Å². The van der Waals surface area contributed by atoms with Crippen molar-refractivity contribution in [3.63, 3.8) is 0 Å². The fourth-order valence-electron chi connectivity index (χ4n) is 1.83. The Morgan fingerprint density at radius 1 is 1.40 bits per heavy atom. The van der Waals surface area contributed by atoms with E-state index < -0.39 is 0 Å². The van der Waals surface area contributed by atoms with Crippen molar-refractivity contribution in [2.24, 2.45) is 0 Å². The van der Waals surface area contributed by atoms with Crippen molar-refractivity contribution in [3.8, 4) is 0 Å². The molecule has 0 saturated carbocycles. The van der Waals surface area contributed by atoms with Crippen LogP contribution in [-0.2, 0) is 0 Å². The quantitative estimate of drug-likeness (QED) is 0.736. The van der Waals surface area contributed by atoms with Crippen molar-refractivity contribution in [2.75, 3.05) is 5.32 Å². The Morgan fingerprint density at radius 3 is 2.70 bits per heavy atom. The van der Waals surface area contributed by atoms with Crippen molar-refractivity contribution >= 4 is 45.8 Å². The SMILES string of the molecule is CC(C)n1cc(Cl)cc1C(=O)Nc1ccc(F)cc1I. The van der Waals surface area contributed by atoms with Crippen LogP contribution in [0.4, 0.5) is 10.1 Å². The Labute approximate surface area is 135 Å². The maximum atomic E-state index is 13.0. The number of amides is 1. The van der Waals surface area contributed by atoms with Gasteiger partial charge in [-0.3, -0.25) is 4.79 Å². The van der Waals surface area contributed by atoms with Crippen molar-refractivity contribution in [1.82, 2.24) is 4.57 Å². The van der Waals surface area contributed by atoms with Crippen LogP contribution in [-0.4, -0.2) is 10.5 Å². The first kappa shape index (κ1) is 15.3. The van der Waals surface area contributed by atoms with Gasteiger partial charge < -0.3 is 9.88 Å². The molecule has 1 aromatic heterocycles. The molecule has 6 heteroatoms. The number of hydrogen-bond donors (Lipinski definition) is 1. The second-order valence-corrected chi connectivity index (χ2v) is 6.22. The highest BCUT2D eigenvalue weighted by atomic mass is 127. The van der Waals surface area contributed by atoms with E-state index in [9.17, 15) is 9.18 Å². The van der Waals surface area contributed by atoms with Gasteiger partial charge in [0.25, 0.3) is 5.91 Å². The van der Waals surface area contributed by atoms with E-state index in [1.54, 1.807) is 22.9 Å². The maximum Gasteiger partial charge on any atom is 0.272 e. The molecule has 1 N–H and O–H groups in total. The minimum Gasteiger partial charge on any atom is -0.339 e. The van der Waals surface area contributed by atoms with E-state index in [1.807, 2.05) is 36.4 Å². The van der Waals surface area contributed by atoms with Crippen LogP contribution in [0.15, 0.2) is 30.5 Å². The summed E-state index contributed by atoms with van der Waals surface area (Å²) >= 11 is 7.94. The number of nitrogens with zero attached hydrogens (tertiary/aromatic N) is 1. The van der Waals surface area contributed by atoms with E-state index in [2.05, 4.69) is 5.32 Å². The number of carbonyl (C=O) groups excluding carboxylic acids is 1. The van der Waals surface area contributed by atoms with Gasteiger partial charge in [0.15, 0.2) is 0 Å². The zero-order valence-electron chi connectivity index (χ0n) is 11.0. The maximum absolute atomic E-state index is 13.0. The molecule has 20 heavy (non-hydrogen) atoms. The lowest BCUT2D eigenvalue weighted by molar-refractivity contribution is 0.101. The van der Waals surface area contributed by atoms with Crippen LogP contribution in [0.25, 0.3) is 0 Å². The molecule has 0 bridgehead atoms. The zero-order valence-corrected chi connectivity index (χ0v) is 13.9. The average molecular weight is 407 g/mol. The summed E-state index contributed by atoms with van der Waals surface area (Å²) in [7, 11) is 0. The molecule has 2 rings (SSSR count). The molecule has 3 nitrogen and oxygen atoms in total. The standard InChI is InChI=1S/C14H13ClFIN2O/c1-8(2)19-7-9(15)5-13(19)14(20)18-12-4-3-10(16)6-11(12)17/h3-8H,1-2H3,(H,18,20). The molecular formula is C14H13ClFIN2O. The minimum atomic E-state index is -0.332. The molecule has 1 amide bonds. The number of halogens is 3. The topological polar surface area (TPSA) is 34.0 Å². The second-order valence-electron chi connectivity index (χ2n) is 4.62. The number of carbonyl (C=O) groups is 1. The van der Waals surface area contributed by atoms with E-state index >= 15 is 0 Å².